The van der Waals surface area contributed by atoms with Crippen LogP contribution in [0.5, 0.6) is 0 Å². The maximum Gasteiger partial charge on any atom is 0.255 e. The molecular formula is C25H44N6O5S4. The Balaban J connectivity index is 0.000000743. The third-order valence-electron chi connectivity index (χ3n) is 7.05. The van der Waals surface area contributed by atoms with Gasteiger partial charge in [-0.05, 0) is 119 Å². The van der Waals surface area contributed by atoms with Crippen molar-refractivity contribution in [3.63, 3.8) is 0 Å². The quantitative estimate of drug-likeness (QED) is 0.236. The van der Waals surface area contributed by atoms with Crippen molar-refractivity contribution in [1.82, 2.24) is 14.2 Å². The van der Waals surface area contributed by atoms with Crippen molar-refractivity contribution in [2.24, 2.45) is 5.14 Å². The van der Waals surface area contributed by atoms with Gasteiger partial charge < -0.3 is 16.0 Å². The number of thiocarbonyl (C=S) groups is 1. The zero-order valence-corrected chi connectivity index (χ0v) is 27.5. The minimum atomic E-state index is -3.93. The van der Waals surface area contributed by atoms with Crippen molar-refractivity contribution < 1.29 is 21.0 Å². The topological polar surface area (TPSA) is 177 Å². The fourth-order valence-electron chi connectivity index (χ4n) is 4.12. The molecule has 0 radical (unpaired) electrons. The maximum absolute atomic E-state index is 12.2. The fraction of sp³-hybridized carbons (Fsp3) is 0.480. The zero-order chi connectivity index (χ0) is 30.8. The first-order chi connectivity index (χ1) is 17.7. The van der Waals surface area contributed by atoms with Gasteiger partial charge in [-0.3, -0.25) is 0 Å². The maximum atomic E-state index is 12.2. The first kappa shape index (κ1) is 37.9. The predicted octanol–water partition coefficient (Wildman–Crippen LogP) is 2.72. The Kier molecular flexibility index (Phi) is 13.4. The van der Waals surface area contributed by atoms with Crippen LogP contribution in [0.3, 0.4) is 0 Å². The number of anilines is 2. The number of nitrogens with one attached hydrogen (secondary N) is 3. The van der Waals surface area contributed by atoms with Gasteiger partial charge in [-0.15, -0.1) is 4.13 Å². The van der Waals surface area contributed by atoms with Crippen LogP contribution in [-0.2, 0) is 31.2 Å². The molecular weight excluding hydrogens is 593 g/mol. The molecule has 0 spiro atoms. The molecule has 11 nitrogen and oxygen atoms in total. The molecule has 2 rings (SSSR count). The molecule has 0 amide bonds. The molecule has 15 heteroatoms. The molecule has 0 aromatic heterocycles. The largest absolute Gasteiger partial charge is 0.397 e. The van der Waals surface area contributed by atoms with E-state index in [-0.39, 0.29) is 22.9 Å². The van der Waals surface area contributed by atoms with Crippen LogP contribution in [0.1, 0.15) is 51.9 Å². The molecule has 0 aliphatic heterocycles. The molecule has 1 unspecified atom stereocenters. The Morgan fingerprint density at radius 3 is 1.57 bits per heavy atom. The molecule has 0 heterocycles. The van der Waals surface area contributed by atoms with Gasteiger partial charge in [-0.2, -0.15) is 0 Å². The Labute approximate surface area is 248 Å². The summed E-state index contributed by atoms with van der Waals surface area (Å²) in [4.78, 5) is 1.78. The van der Waals surface area contributed by atoms with Gasteiger partial charge in [0.15, 0.2) is 16.3 Å². The molecule has 0 aliphatic rings. The highest BCUT2D eigenvalue weighted by Gasteiger charge is 2.27. The number of rotatable bonds is 6. The van der Waals surface area contributed by atoms with Crippen LogP contribution in [0, 0.1) is 55.4 Å². The van der Waals surface area contributed by atoms with E-state index in [1.807, 2.05) is 38.7 Å². The predicted molar refractivity (Wildman–Crippen MR) is 171 cm³/mol. The Bertz CT molecular complexity index is 1510. The van der Waals surface area contributed by atoms with Gasteiger partial charge in [0.1, 0.15) is 9.79 Å². The smallest absolute Gasteiger partial charge is 0.255 e. The SMILES string of the molecule is C.CNC(=S)N(C)c1c(C)c(C)c(C)c(C)c1S(N)(=O)=O.CNS(=O)NS(=O)(=O)c1c(C)c(C)c(C)c(C)c1N. The van der Waals surface area contributed by atoms with E-state index < -0.39 is 31.2 Å². The van der Waals surface area contributed by atoms with Crippen molar-refractivity contribution in [2.45, 2.75) is 72.6 Å². The van der Waals surface area contributed by atoms with Crippen LogP contribution < -0.4 is 29.9 Å². The van der Waals surface area contributed by atoms with E-state index in [1.165, 1.54) is 7.05 Å². The highest BCUT2D eigenvalue weighted by molar-refractivity contribution is 8.01. The summed E-state index contributed by atoms with van der Waals surface area (Å²) < 4.78 is 64.1. The number of primary sulfonamides is 1. The minimum Gasteiger partial charge on any atom is -0.397 e. The molecule has 0 saturated heterocycles. The first-order valence-corrected chi connectivity index (χ1v) is 16.3. The lowest BCUT2D eigenvalue weighted by atomic mass is 9.97. The summed E-state index contributed by atoms with van der Waals surface area (Å²) in [5.41, 5.74) is 13.3. The van der Waals surface area contributed by atoms with E-state index in [0.29, 0.717) is 21.9 Å². The first-order valence-electron chi connectivity index (χ1n) is 11.7. The van der Waals surface area contributed by atoms with E-state index >= 15 is 0 Å². The second kappa shape index (κ2) is 14.2. The molecule has 228 valence electrons. The summed E-state index contributed by atoms with van der Waals surface area (Å²) in [5.74, 6) is 0. The number of sulfonamides is 2. The van der Waals surface area contributed by atoms with Gasteiger partial charge >= 0.3 is 0 Å². The van der Waals surface area contributed by atoms with Crippen molar-refractivity contribution >= 4 is 59.9 Å². The van der Waals surface area contributed by atoms with Gasteiger partial charge in [-0.1, -0.05) is 7.43 Å². The third-order valence-corrected chi connectivity index (χ3v) is 11.5. The van der Waals surface area contributed by atoms with Crippen LogP contribution in [0.4, 0.5) is 11.4 Å². The molecule has 2 aromatic rings. The van der Waals surface area contributed by atoms with Gasteiger partial charge in [0.2, 0.25) is 10.0 Å². The van der Waals surface area contributed by atoms with Crippen LogP contribution >= 0.6 is 12.2 Å². The third kappa shape index (κ3) is 7.78. The van der Waals surface area contributed by atoms with Crippen LogP contribution in [-0.4, -0.2) is 47.3 Å². The van der Waals surface area contributed by atoms with E-state index in [9.17, 15) is 21.0 Å². The highest BCUT2D eigenvalue weighted by Crippen LogP contribution is 2.36. The van der Waals surface area contributed by atoms with Crippen molar-refractivity contribution in [3.8, 4) is 0 Å². The van der Waals surface area contributed by atoms with E-state index in [1.54, 1.807) is 39.8 Å². The van der Waals surface area contributed by atoms with Gasteiger partial charge in [0.25, 0.3) is 10.0 Å². The van der Waals surface area contributed by atoms with Gasteiger partial charge in [0, 0.05) is 14.1 Å². The lowest BCUT2D eigenvalue weighted by molar-refractivity contribution is 0.591. The fourth-order valence-corrected chi connectivity index (χ4v) is 7.81. The number of nitrogens with two attached hydrogens (primary N) is 2. The Morgan fingerprint density at radius 2 is 1.18 bits per heavy atom. The lowest BCUT2D eigenvalue weighted by Gasteiger charge is -2.27. The molecule has 1 atom stereocenters. The summed E-state index contributed by atoms with van der Waals surface area (Å²) in [6.07, 6.45) is 0. The lowest BCUT2D eigenvalue weighted by Crippen LogP contribution is -2.36. The standard InChI is InChI=1S/C13H21N3O2S2.C11H19N3O3S2.CH4/c1-7-8(2)10(4)12(20(14,17)18)11(9(7)3)16(6)13(19)15-5;1-6-7(2)9(4)11(10(12)8(6)3)19(16,17)14-18(15)13-5;/h1-6H3,(H,15,19)(H2,14,17,18);13-14H,12H2,1-5H3;1H4. The molecule has 0 saturated carbocycles. The van der Waals surface area contributed by atoms with Crippen molar-refractivity contribution in [3.05, 3.63) is 44.5 Å². The molecule has 0 bridgehead atoms. The monoisotopic (exact) mass is 636 g/mol. The molecule has 0 aliphatic carbocycles. The second-order valence-electron chi connectivity index (χ2n) is 9.14. The minimum absolute atomic E-state index is 0. The highest BCUT2D eigenvalue weighted by atomic mass is 32.3. The van der Waals surface area contributed by atoms with Gasteiger partial charge in [-0.25, -0.2) is 30.9 Å². The molecule has 0 fully saturated rings. The number of nitrogens with zero attached hydrogens (tertiary/aromatic N) is 1. The average Bonchev–Trinajstić information content (AvgIpc) is 2.85. The van der Waals surface area contributed by atoms with Crippen LogP contribution in [0.25, 0.3) is 0 Å². The average molecular weight is 637 g/mol. The summed E-state index contributed by atoms with van der Waals surface area (Å²) in [5, 5.41) is 8.68. The molecule has 40 heavy (non-hydrogen) atoms. The summed E-state index contributed by atoms with van der Waals surface area (Å²) in [6, 6.07) is 0. The van der Waals surface area contributed by atoms with Crippen LogP contribution in [0.2, 0.25) is 0 Å². The van der Waals surface area contributed by atoms with E-state index in [2.05, 4.69) is 10.0 Å². The Hall–Kier alpha value is -2.14. The van der Waals surface area contributed by atoms with E-state index in [4.69, 9.17) is 23.1 Å². The zero-order valence-electron chi connectivity index (χ0n) is 24.3. The molecule has 2 aromatic carbocycles. The van der Waals surface area contributed by atoms with Crippen LogP contribution in [0.15, 0.2) is 9.79 Å². The van der Waals surface area contributed by atoms with Crippen molar-refractivity contribution in [2.75, 3.05) is 31.8 Å². The number of hydrogen-bond acceptors (Lipinski definition) is 7. The summed E-state index contributed by atoms with van der Waals surface area (Å²) >= 11 is 3.33. The summed E-state index contributed by atoms with van der Waals surface area (Å²) in [6.45, 7) is 14.7. The Morgan fingerprint density at radius 1 is 0.775 bits per heavy atom. The van der Waals surface area contributed by atoms with Crippen molar-refractivity contribution in [1.29, 1.82) is 0 Å². The number of nitrogen functional groups attached to an aromatic ring is 1. The normalized spacial score (nSPS) is 12.1. The molecule has 7 N–H and O–H groups in total. The van der Waals surface area contributed by atoms with Gasteiger partial charge in [0.05, 0.1) is 11.4 Å². The number of benzene rings is 2. The second-order valence-corrected chi connectivity index (χ2v) is 14.1. The number of hydrogen-bond donors (Lipinski definition) is 5. The van der Waals surface area contributed by atoms with E-state index in [0.717, 1.165) is 33.4 Å². The summed E-state index contributed by atoms with van der Waals surface area (Å²) in [7, 11) is -2.97.